The van der Waals surface area contributed by atoms with Gasteiger partial charge in [-0.3, -0.25) is 0 Å². The van der Waals surface area contributed by atoms with Gasteiger partial charge in [0.1, 0.15) is 0 Å². The zero-order chi connectivity index (χ0) is 36.4. The molecule has 0 aromatic heterocycles. The Morgan fingerprint density at radius 1 is 0.352 bits per heavy atom. The van der Waals surface area contributed by atoms with Crippen molar-refractivity contribution in [2.24, 2.45) is 0 Å². The fraction of sp³-hybridized carbons (Fsp3) is 0.0943. The summed E-state index contributed by atoms with van der Waals surface area (Å²) in [6, 6.07) is 72.0. The molecule has 54 heavy (non-hydrogen) atoms. The first-order chi connectivity index (χ1) is 26.5. The first kappa shape index (κ1) is 32.2. The largest absolute Gasteiger partial charge is 0.310 e. The highest BCUT2D eigenvalue weighted by atomic mass is 15.1. The molecule has 8 aromatic carbocycles. The van der Waals surface area contributed by atoms with Gasteiger partial charge in [0.25, 0.3) is 0 Å². The lowest BCUT2D eigenvalue weighted by atomic mass is 9.66. The SMILES string of the molecule is Cc1ccccc1C1(c2ccccc2N(c2ccc(-c3ccccc3)cc2)c2ccc3c(c2)C(C)(C)c2ccccc2-3)c2ccccc2-c2ccccc21. The number of aryl methyl sites for hydroxylation is 1. The van der Waals surface area contributed by atoms with Gasteiger partial charge in [0, 0.05) is 16.8 Å². The summed E-state index contributed by atoms with van der Waals surface area (Å²) in [5.74, 6) is 0. The maximum atomic E-state index is 2.51. The molecule has 10 rings (SSSR count). The predicted molar refractivity (Wildman–Crippen MR) is 226 cm³/mol. The molecular weight excluding hydrogens is 651 g/mol. The molecule has 2 aliphatic rings. The van der Waals surface area contributed by atoms with E-state index in [1.807, 2.05) is 0 Å². The molecule has 0 N–H and O–H groups in total. The van der Waals surface area contributed by atoms with E-state index in [0.717, 1.165) is 17.1 Å². The minimum Gasteiger partial charge on any atom is -0.310 e. The molecule has 0 saturated heterocycles. The molecule has 0 spiro atoms. The molecule has 0 fully saturated rings. The summed E-state index contributed by atoms with van der Waals surface area (Å²) < 4.78 is 0. The smallest absolute Gasteiger partial charge is 0.0736 e. The highest BCUT2D eigenvalue weighted by molar-refractivity contribution is 5.92. The molecular formula is C53H41N. The van der Waals surface area contributed by atoms with Crippen LogP contribution in [0.25, 0.3) is 33.4 Å². The molecule has 2 aliphatic carbocycles. The van der Waals surface area contributed by atoms with E-state index in [1.54, 1.807) is 0 Å². The maximum absolute atomic E-state index is 2.51. The van der Waals surface area contributed by atoms with Crippen LogP contribution in [0.15, 0.2) is 194 Å². The van der Waals surface area contributed by atoms with Crippen LogP contribution < -0.4 is 4.90 Å². The van der Waals surface area contributed by atoms with E-state index in [0.29, 0.717) is 0 Å². The number of fused-ring (bicyclic) bond motifs is 6. The van der Waals surface area contributed by atoms with Crippen LogP contribution in [-0.2, 0) is 10.8 Å². The molecule has 0 aliphatic heterocycles. The average Bonchev–Trinajstić information content (AvgIpc) is 3.65. The topological polar surface area (TPSA) is 3.24 Å². The van der Waals surface area contributed by atoms with Crippen LogP contribution in [0.1, 0.15) is 52.8 Å². The quantitative estimate of drug-likeness (QED) is 0.168. The normalized spacial score (nSPS) is 14.1. The van der Waals surface area contributed by atoms with E-state index in [-0.39, 0.29) is 5.41 Å². The Bertz CT molecular complexity index is 2650. The molecule has 0 heterocycles. The second kappa shape index (κ2) is 12.3. The van der Waals surface area contributed by atoms with Crippen molar-refractivity contribution in [3.8, 4) is 33.4 Å². The van der Waals surface area contributed by atoms with E-state index in [2.05, 4.69) is 220 Å². The average molecular weight is 692 g/mol. The third kappa shape index (κ3) is 4.64. The fourth-order valence-electron chi connectivity index (χ4n) is 9.63. The van der Waals surface area contributed by atoms with Crippen molar-refractivity contribution in [3.63, 3.8) is 0 Å². The van der Waals surface area contributed by atoms with Crippen LogP contribution >= 0.6 is 0 Å². The Hall–Kier alpha value is -6.44. The standard InChI is InChI=1S/C53H41N/c1-36-17-7-11-23-45(36)53(47-25-13-9-21-42(47)43-22-10-14-26-48(43)53)49-27-15-16-28-51(49)54(39-31-29-38(30-32-39)37-18-5-4-6-19-37)40-33-34-44-41-20-8-12-24-46(41)52(2,3)50(44)35-40/h4-35H,1-3H3. The Balaban J connectivity index is 1.27. The summed E-state index contributed by atoms with van der Waals surface area (Å²) in [5, 5.41) is 0. The summed E-state index contributed by atoms with van der Waals surface area (Å²) in [4.78, 5) is 2.51. The molecule has 0 saturated carbocycles. The van der Waals surface area contributed by atoms with Crippen molar-refractivity contribution in [1.82, 2.24) is 0 Å². The molecule has 0 atom stereocenters. The zero-order valence-electron chi connectivity index (χ0n) is 30.9. The van der Waals surface area contributed by atoms with Crippen LogP contribution in [0.2, 0.25) is 0 Å². The van der Waals surface area contributed by atoms with Gasteiger partial charge in [0.15, 0.2) is 0 Å². The first-order valence-corrected chi connectivity index (χ1v) is 19.0. The van der Waals surface area contributed by atoms with E-state index in [9.17, 15) is 0 Å². The van der Waals surface area contributed by atoms with Crippen molar-refractivity contribution < 1.29 is 0 Å². The Kier molecular flexibility index (Phi) is 7.35. The lowest BCUT2D eigenvalue weighted by Gasteiger charge is -2.39. The van der Waals surface area contributed by atoms with E-state index in [4.69, 9.17) is 0 Å². The van der Waals surface area contributed by atoms with E-state index in [1.165, 1.54) is 72.3 Å². The Labute approximate surface area is 318 Å². The third-order valence-corrected chi connectivity index (χ3v) is 12.1. The van der Waals surface area contributed by atoms with Gasteiger partial charge in [-0.25, -0.2) is 0 Å². The predicted octanol–water partition coefficient (Wildman–Crippen LogP) is 13.8. The van der Waals surface area contributed by atoms with Gasteiger partial charge < -0.3 is 4.90 Å². The van der Waals surface area contributed by atoms with Crippen molar-refractivity contribution in [3.05, 3.63) is 233 Å². The Morgan fingerprint density at radius 3 is 1.46 bits per heavy atom. The van der Waals surface area contributed by atoms with Crippen molar-refractivity contribution in [2.75, 3.05) is 4.90 Å². The van der Waals surface area contributed by atoms with Gasteiger partial charge in [0.2, 0.25) is 0 Å². The highest BCUT2D eigenvalue weighted by Crippen LogP contribution is 2.59. The number of anilines is 3. The number of nitrogens with zero attached hydrogens (tertiary/aromatic N) is 1. The van der Waals surface area contributed by atoms with Gasteiger partial charge in [0.05, 0.1) is 11.1 Å². The minimum absolute atomic E-state index is 0.129. The second-order valence-corrected chi connectivity index (χ2v) is 15.3. The van der Waals surface area contributed by atoms with E-state index >= 15 is 0 Å². The maximum Gasteiger partial charge on any atom is 0.0736 e. The van der Waals surface area contributed by atoms with Crippen LogP contribution in [-0.4, -0.2) is 0 Å². The fourth-order valence-corrected chi connectivity index (χ4v) is 9.63. The number of hydrogen-bond donors (Lipinski definition) is 0. The number of hydrogen-bond acceptors (Lipinski definition) is 1. The lowest BCUT2D eigenvalue weighted by Crippen LogP contribution is -2.31. The number of benzene rings is 8. The summed E-state index contributed by atoms with van der Waals surface area (Å²) in [5.41, 5.74) is 19.6. The first-order valence-electron chi connectivity index (χ1n) is 19.0. The van der Waals surface area contributed by atoms with Crippen LogP contribution in [0, 0.1) is 6.92 Å². The molecule has 258 valence electrons. The van der Waals surface area contributed by atoms with Crippen LogP contribution in [0.3, 0.4) is 0 Å². The van der Waals surface area contributed by atoms with Crippen molar-refractivity contribution >= 4 is 17.1 Å². The van der Waals surface area contributed by atoms with E-state index < -0.39 is 5.41 Å². The minimum atomic E-state index is -0.552. The number of rotatable bonds is 6. The van der Waals surface area contributed by atoms with Crippen LogP contribution in [0.4, 0.5) is 17.1 Å². The molecule has 0 amide bonds. The third-order valence-electron chi connectivity index (χ3n) is 12.1. The molecule has 8 aromatic rings. The van der Waals surface area contributed by atoms with Crippen molar-refractivity contribution in [1.29, 1.82) is 0 Å². The van der Waals surface area contributed by atoms with Gasteiger partial charge in [-0.15, -0.1) is 0 Å². The molecule has 0 bridgehead atoms. The summed E-state index contributed by atoms with van der Waals surface area (Å²) in [6.45, 7) is 7.01. The molecule has 1 heteroatoms. The molecule has 0 unspecified atom stereocenters. The summed E-state index contributed by atoms with van der Waals surface area (Å²) in [7, 11) is 0. The second-order valence-electron chi connectivity index (χ2n) is 15.3. The van der Waals surface area contributed by atoms with Crippen molar-refractivity contribution in [2.45, 2.75) is 31.6 Å². The van der Waals surface area contributed by atoms with Gasteiger partial charge >= 0.3 is 0 Å². The van der Waals surface area contributed by atoms with Gasteiger partial charge in [-0.2, -0.15) is 0 Å². The Morgan fingerprint density at radius 2 is 0.815 bits per heavy atom. The molecule has 1 nitrogen and oxygen atoms in total. The lowest BCUT2D eigenvalue weighted by molar-refractivity contribution is 0.660. The number of para-hydroxylation sites is 1. The van der Waals surface area contributed by atoms with Gasteiger partial charge in [-0.1, -0.05) is 178 Å². The zero-order valence-corrected chi connectivity index (χ0v) is 30.9. The summed E-state index contributed by atoms with van der Waals surface area (Å²) >= 11 is 0. The monoisotopic (exact) mass is 691 g/mol. The summed E-state index contributed by atoms with van der Waals surface area (Å²) in [6.07, 6.45) is 0. The molecule has 0 radical (unpaired) electrons. The van der Waals surface area contributed by atoms with Crippen LogP contribution in [0.5, 0.6) is 0 Å². The highest BCUT2D eigenvalue weighted by Gasteiger charge is 2.48. The van der Waals surface area contributed by atoms with Gasteiger partial charge in [-0.05, 0) is 110 Å².